The number of aliphatic carboxylic acids is 1. The number of rotatable bonds is 4. The minimum atomic E-state index is -1.18. The first-order valence-corrected chi connectivity index (χ1v) is 4.83. The zero-order valence-electron chi connectivity index (χ0n) is 7.41. The van der Waals surface area contributed by atoms with Gasteiger partial charge in [-0.1, -0.05) is 6.08 Å². The molecule has 1 unspecified atom stereocenters. The van der Waals surface area contributed by atoms with E-state index in [0.717, 1.165) is 0 Å². The number of hydrogen-bond acceptors (Lipinski definition) is 3. The van der Waals surface area contributed by atoms with E-state index in [9.17, 15) is 9.59 Å². The number of ether oxygens (including phenoxy) is 1. The van der Waals surface area contributed by atoms with Crippen molar-refractivity contribution >= 4 is 34.5 Å². The SMILES string of the molecule is CC=C(I)C(C(=O)O)C(=O)OCC. The molecule has 0 saturated heterocycles. The third-order valence-electron chi connectivity index (χ3n) is 1.32. The molecule has 0 fully saturated rings. The molecule has 0 aliphatic rings. The number of carbonyl (C=O) groups excluding carboxylic acids is 1. The summed E-state index contributed by atoms with van der Waals surface area (Å²) in [5.41, 5.74) is 0. The molecule has 4 nitrogen and oxygen atoms in total. The summed E-state index contributed by atoms with van der Waals surface area (Å²) < 4.78 is 5.08. The Hall–Kier alpha value is -0.590. The van der Waals surface area contributed by atoms with Crippen LogP contribution in [0.4, 0.5) is 0 Å². The summed E-state index contributed by atoms with van der Waals surface area (Å²) in [4.78, 5) is 21.8. The van der Waals surface area contributed by atoms with Crippen LogP contribution in [0.1, 0.15) is 13.8 Å². The van der Waals surface area contributed by atoms with Crippen LogP contribution < -0.4 is 0 Å². The van der Waals surface area contributed by atoms with Gasteiger partial charge in [0.2, 0.25) is 0 Å². The molecule has 0 aliphatic carbocycles. The van der Waals surface area contributed by atoms with Gasteiger partial charge in [-0.15, -0.1) is 0 Å². The van der Waals surface area contributed by atoms with Gasteiger partial charge in [-0.3, -0.25) is 9.59 Å². The average molecular weight is 298 g/mol. The highest BCUT2D eigenvalue weighted by Crippen LogP contribution is 2.20. The molecule has 1 N–H and O–H groups in total. The first-order valence-electron chi connectivity index (χ1n) is 3.75. The molecule has 0 aromatic heterocycles. The highest BCUT2D eigenvalue weighted by Gasteiger charge is 2.29. The van der Waals surface area contributed by atoms with Crippen LogP contribution in [0.2, 0.25) is 0 Å². The predicted octanol–water partition coefficient (Wildman–Crippen LogP) is 1.59. The Morgan fingerprint density at radius 1 is 1.62 bits per heavy atom. The van der Waals surface area contributed by atoms with Gasteiger partial charge in [0.05, 0.1) is 6.61 Å². The lowest BCUT2D eigenvalue weighted by atomic mass is 10.1. The molecule has 0 saturated carbocycles. The van der Waals surface area contributed by atoms with Gasteiger partial charge >= 0.3 is 11.9 Å². The Labute approximate surface area is 90.1 Å². The fourth-order valence-electron chi connectivity index (χ4n) is 0.724. The maximum Gasteiger partial charge on any atom is 0.325 e. The van der Waals surface area contributed by atoms with Crippen molar-refractivity contribution in [3.05, 3.63) is 9.66 Å². The van der Waals surface area contributed by atoms with Crippen molar-refractivity contribution in [2.45, 2.75) is 13.8 Å². The maximum absolute atomic E-state index is 11.1. The van der Waals surface area contributed by atoms with E-state index in [1.54, 1.807) is 19.9 Å². The van der Waals surface area contributed by atoms with Crippen molar-refractivity contribution in [1.82, 2.24) is 0 Å². The van der Waals surface area contributed by atoms with E-state index in [2.05, 4.69) is 4.74 Å². The van der Waals surface area contributed by atoms with Crippen LogP contribution in [0.25, 0.3) is 0 Å². The van der Waals surface area contributed by atoms with Crippen LogP contribution in [-0.2, 0) is 14.3 Å². The van der Waals surface area contributed by atoms with Crippen LogP contribution in [0, 0.1) is 5.92 Å². The largest absolute Gasteiger partial charge is 0.480 e. The van der Waals surface area contributed by atoms with Crippen LogP contribution in [0.15, 0.2) is 9.66 Å². The fourth-order valence-corrected chi connectivity index (χ4v) is 1.24. The summed E-state index contributed by atoms with van der Waals surface area (Å²) in [6, 6.07) is 0. The summed E-state index contributed by atoms with van der Waals surface area (Å²) in [7, 11) is 0. The molecule has 0 spiro atoms. The second-order valence-corrected chi connectivity index (χ2v) is 3.44. The lowest BCUT2D eigenvalue weighted by Crippen LogP contribution is -2.26. The van der Waals surface area contributed by atoms with E-state index in [1.807, 2.05) is 22.6 Å². The Balaban J connectivity index is 4.62. The third kappa shape index (κ3) is 3.75. The molecule has 0 aliphatic heterocycles. The normalized spacial score (nSPS) is 13.6. The van der Waals surface area contributed by atoms with E-state index in [-0.39, 0.29) is 6.61 Å². The molecular weight excluding hydrogens is 287 g/mol. The zero-order chi connectivity index (χ0) is 10.4. The molecule has 0 aromatic rings. The summed E-state index contributed by atoms with van der Waals surface area (Å²) >= 11 is 1.82. The molecule has 1 atom stereocenters. The van der Waals surface area contributed by atoms with E-state index < -0.39 is 17.9 Å². The summed E-state index contributed by atoms with van der Waals surface area (Å²) in [5.74, 6) is -3.07. The van der Waals surface area contributed by atoms with E-state index in [1.165, 1.54) is 0 Å². The summed E-state index contributed by atoms with van der Waals surface area (Å²) in [5, 5.41) is 8.73. The van der Waals surface area contributed by atoms with Gasteiger partial charge in [0.25, 0.3) is 0 Å². The predicted molar refractivity (Wildman–Crippen MR) is 55.5 cm³/mol. The number of carboxylic acid groups (broad SMARTS) is 1. The van der Waals surface area contributed by atoms with Gasteiger partial charge in [-0.2, -0.15) is 0 Å². The Morgan fingerprint density at radius 3 is 2.46 bits per heavy atom. The van der Waals surface area contributed by atoms with Crippen molar-refractivity contribution in [1.29, 1.82) is 0 Å². The van der Waals surface area contributed by atoms with E-state index >= 15 is 0 Å². The minimum Gasteiger partial charge on any atom is -0.480 e. The minimum absolute atomic E-state index is 0.191. The molecule has 5 heteroatoms. The Kier molecular flexibility index (Phi) is 5.68. The number of allylic oxidation sites excluding steroid dienone is 1. The maximum atomic E-state index is 11.1. The topological polar surface area (TPSA) is 63.6 Å². The Bertz CT molecular complexity index is 234. The number of hydrogen-bond donors (Lipinski definition) is 1. The molecule has 0 rings (SSSR count). The van der Waals surface area contributed by atoms with Gasteiger partial charge in [-0.25, -0.2) is 0 Å². The van der Waals surface area contributed by atoms with Crippen LogP contribution in [0.3, 0.4) is 0 Å². The fraction of sp³-hybridized carbons (Fsp3) is 0.500. The van der Waals surface area contributed by atoms with Crippen LogP contribution >= 0.6 is 22.6 Å². The molecule has 74 valence electrons. The summed E-state index contributed by atoms with van der Waals surface area (Å²) in [6.07, 6.45) is 1.58. The molecule has 0 heterocycles. The molecule has 0 amide bonds. The second-order valence-electron chi connectivity index (χ2n) is 2.20. The molecule has 0 aromatic carbocycles. The van der Waals surface area contributed by atoms with Crippen molar-refractivity contribution in [3.63, 3.8) is 0 Å². The first kappa shape index (κ1) is 12.4. The zero-order valence-corrected chi connectivity index (χ0v) is 9.57. The monoisotopic (exact) mass is 298 g/mol. The number of carboxylic acids is 1. The van der Waals surface area contributed by atoms with Crippen molar-refractivity contribution in [2.24, 2.45) is 5.92 Å². The molecule has 0 bridgehead atoms. The average Bonchev–Trinajstić information content (AvgIpc) is 2.04. The van der Waals surface area contributed by atoms with Crippen molar-refractivity contribution < 1.29 is 19.4 Å². The highest BCUT2D eigenvalue weighted by molar-refractivity contribution is 14.1. The molecule has 13 heavy (non-hydrogen) atoms. The Morgan fingerprint density at radius 2 is 2.15 bits per heavy atom. The first-order chi connectivity index (χ1) is 6.04. The second kappa shape index (κ2) is 5.95. The van der Waals surface area contributed by atoms with Crippen molar-refractivity contribution in [2.75, 3.05) is 6.61 Å². The smallest absolute Gasteiger partial charge is 0.325 e. The van der Waals surface area contributed by atoms with Crippen LogP contribution in [-0.4, -0.2) is 23.7 Å². The van der Waals surface area contributed by atoms with E-state index in [0.29, 0.717) is 3.58 Å². The standard InChI is InChI=1S/C8H11IO4/c1-3-5(9)6(7(10)11)8(12)13-4-2/h3,6H,4H2,1-2H3,(H,10,11). The van der Waals surface area contributed by atoms with Gasteiger partial charge in [0, 0.05) is 3.58 Å². The van der Waals surface area contributed by atoms with E-state index in [4.69, 9.17) is 5.11 Å². The summed E-state index contributed by atoms with van der Waals surface area (Å²) in [6.45, 7) is 3.51. The molecule has 0 radical (unpaired) electrons. The lowest BCUT2D eigenvalue weighted by Gasteiger charge is -2.09. The van der Waals surface area contributed by atoms with Crippen molar-refractivity contribution in [3.8, 4) is 0 Å². The quantitative estimate of drug-likeness (QED) is 0.486. The lowest BCUT2D eigenvalue weighted by molar-refractivity contribution is -0.155. The number of halogens is 1. The number of carbonyl (C=O) groups is 2. The number of esters is 1. The van der Waals surface area contributed by atoms with Gasteiger partial charge in [-0.05, 0) is 36.4 Å². The molecular formula is C8H11IO4. The van der Waals surface area contributed by atoms with Gasteiger partial charge in [0.15, 0.2) is 5.92 Å². The van der Waals surface area contributed by atoms with Gasteiger partial charge in [0.1, 0.15) is 0 Å². The van der Waals surface area contributed by atoms with Crippen LogP contribution in [0.5, 0.6) is 0 Å². The van der Waals surface area contributed by atoms with Gasteiger partial charge < -0.3 is 9.84 Å². The highest BCUT2D eigenvalue weighted by atomic mass is 127. The third-order valence-corrected chi connectivity index (χ3v) is 2.57.